The van der Waals surface area contributed by atoms with Crippen LogP contribution >= 0.6 is 15.9 Å². The van der Waals surface area contributed by atoms with E-state index in [1.54, 1.807) is 18.2 Å². The summed E-state index contributed by atoms with van der Waals surface area (Å²) >= 11 is 3.35. The van der Waals surface area contributed by atoms with Gasteiger partial charge in [-0.2, -0.15) is 0 Å². The zero-order valence-corrected chi connectivity index (χ0v) is 15.0. The average molecular weight is 390 g/mol. The quantitative estimate of drug-likeness (QED) is 0.676. The van der Waals surface area contributed by atoms with E-state index in [4.69, 9.17) is 0 Å². The molecule has 0 saturated carbocycles. The van der Waals surface area contributed by atoms with Gasteiger partial charge in [-0.15, -0.1) is 0 Å². The van der Waals surface area contributed by atoms with E-state index < -0.39 is 0 Å². The Hall–Kier alpha value is -2.34. The molecule has 0 radical (unpaired) electrons. The van der Waals surface area contributed by atoms with Crippen molar-refractivity contribution in [1.82, 2.24) is 5.32 Å². The number of carbonyl (C=O) groups excluding carboxylic acids is 2. The van der Waals surface area contributed by atoms with Gasteiger partial charge < -0.3 is 16.0 Å². The van der Waals surface area contributed by atoms with Crippen molar-refractivity contribution in [1.29, 1.82) is 0 Å². The smallest absolute Gasteiger partial charge is 0.251 e. The minimum Gasteiger partial charge on any atom is -0.376 e. The van der Waals surface area contributed by atoms with Gasteiger partial charge in [-0.05, 0) is 48.9 Å². The fourth-order valence-electron chi connectivity index (χ4n) is 2.03. The lowest BCUT2D eigenvalue weighted by Gasteiger charge is -2.09. The van der Waals surface area contributed by atoms with Crippen LogP contribution in [-0.2, 0) is 4.79 Å². The molecule has 6 heteroatoms. The largest absolute Gasteiger partial charge is 0.376 e. The molecule has 0 unspecified atom stereocenters. The Kier molecular flexibility index (Phi) is 6.81. The summed E-state index contributed by atoms with van der Waals surface area (Å²) in [6.07, 6.45) is 0.889. The average Bonchev–Trinajstić information content (AvgIpc) is 2.60. The van der Waals surface area contributed by atoms with E-state index in [9.17, 15) is 9.59 Å². The molecule has 2 rings (SSSR count). The van der Waals surface area contributed by atoms with Crippen LogP contribution in [0.5, 0.6) is 0 Å². The highest BCUT2D eigenvalue weighted by atomic mass is 79.9. The first-order valence-electron chi connectivity index (χ1n) is 7.76. The van der Waals surface area contributed by atoms with Crippen LogP contribution in [0.1, 0.15) is 23.7 Å². The number of carbonyl (C=O) groups is 2. The van der Waals surface area contributed by atoms with Gasteiger partial charge in [0.05, 0.1) is 6.54 Å². The highest BCUT2D eigenvalue weighted by Crippen LogP contribution is 2.14. The molecule has 0 aliphatic heterocycles. The Labute approximate surface area is 150 Å². The topological polar surface area (TPSA) is 70.2 Å². The zero-order chi connectivity index (χ0) is 17.4. The number of nitrogens with one attached hydrogen (secondary N) is 3. The van der Waals surface area contributed by atoms with E-state index in [-0.39, 0.29) is 18.4 Å². The van der Waals surface area contributed by atoms with Gasteiger partial charge in [-0.1, -0.05) is 28.9 Å². The molecule has 0 aliphatic carbocycles. The summed E-state index contributed by atoms with van der Waals surface area (Å²) in [5.74, 6) is -0.266. The highest BCUT2D eigenvalue weighted by Gasteiger charge is 2.06. The predicted octanol–water partition coefficient (Wildman–Crippen LogP) is 3.64. The molecule has 0 aromatic heterocycles. The lowest BCUT2D eigenvalue weighted by atomic mass is 10.2. The zero-order valence-electron chi connectivity index (χ0n) is 13.4. The van der Waals surface area contributed by atoms with Gasteiger partial charge in [0.1, 0.15) is 0 Å². The van der Waals surface area contributed by atoms with Crippen molar-refractivity contribution in [2.45, 2.75) is 13.3 Å². The van der Waals surface area contributed by atoms with Crippen molar-refractivity contribution in [3.05, 3.63) is 58.6 Å². The third-order valence-electron chi connectivity index (χ3n) is 3.24. The van der Waals surface area contributed by atoms with Gasteiger partial charge in [0.15, 0.2) is 0 Å². The maximum absolute atomic E-state index is 12.0. The van der Waals surface area contributed by atoms with Crippen molar-refractivity contribution in [3.63, 3.8) is 0 Å². The summed E-state index contributed by atoms with van der Waals surface area (Å²) in [5.41, 5.74) is 2.03. The van der Waals surface area contributed by atoms with Crippen molar-refractivity contribution in [2.75, 3.05) is 23.7 Å². The molecular weight excluding hydrogens is 370 g/mol. The molecule has 2 aromatic rings. The van der Waals surface area contributed by atoms with Gasteiger partial charge in [-0.3, -0.25) is 9.59 Å². The number of hydrogen-bond acceptors (Lipinski definition) is 3. The molecule has 0 fully saturated rings. The standard InChI is InChI=1S/C18H20BrN3O2/c1-2-10-20-18(24)13-4-3-5-16(11-13)21-12-17(23)22-15-8-6-14(19)7-9-15/h3-9,11,21H,2,10,12H2,1H3,(H,20,24)(H,22,23). The Balaban J connectivity index is 1.88. The molecule has 0 spiro atoms. The predicted molar refractivity (Wildman–Crippen MR) is 100 cm³/mol. The summed E-state index contributed by atoms with van der Waals surface area (Å²) in [6.45, 7) is 2.77. The van der Waals surface area contributed by atoms with Crippen LogP contribution in [-0.4, -0.2) is 24.9 Å². The highest BCUT2D eigenvalue weighted by molar-refractivity contribution is 9.10. The maximum Gasteiger partial charge on any atom is 0.251 e. The number of amides is 2. The molecule has 126 valence electrons. The number of rotatable bonds is 7. The molecule has 0 atom stereocenters. The van der Waals surface area contributed by atoms with Crippen LogP contribution in [0.25, 0.3) is 0 Å². The summed E-state index contributed by atoms with van der Waals surface area (Å²) in [7, 11) is 0. The molecule has 0 bridgehead atoms. The van der Waals surface area contributed by atoms with Crippen LogP contribution in [0, 0.1) is 0 Å². The molecular formula is C18H20BrN3O2. The van der Waals surface area contributed by atoms with Crippen LogP contribution < -0.4 is 16.0 Å². The second-order valence-corrected chi connectivity index (χ2v) is 6.16. The third kappa shape index (κ3) is 5.70. The first-order chi connectivity index (χ1) is 11.6. The molecule has 24 heavy (non-hydrogen) atoms. The fraction of sp³-hybridized carbons (Fsp3) is 0.222. The summed E-state index contributed by atoms with van der Waals surface area (Å²) < 4.78 is 0.955. The molecule has 2 aromatic carbocycles. The first-order valence-corrected chi connectivity index (χ1v) is 8.55. The van der Waals surface area contributed by atoms with E-state index in [1.165, 1.54) is 0 Å². The van der Waals surface area contributed by atoms with E-state index >= 15 is 0 Å². The van der Waals surface area contributed by atoms with E-state index in [0.29, 0.717) is 12.1 Å². The van der Waals surface area contributed by atoms with Gasteiger partial charge >= 0.3 is 0 Å². The molecule has 2 amide bonds. The fourth-order valence-corrected chi connectivity index (χ4v) is 2.30. The summed E-state index contributed by atoms with van der Waals surface area (Å²) in [5, 5.41) is 8.66. The third-order valence-corrected chi connectivity index (χ3v) is 3.77. The lowest BCUT2D eigenvalue weighted by Crippen LogP contribution is -2.24. The Bertz CT molecular complexity index is 702. The number of benzene rings is 2. The minimum atomic E-state index is -0.154. The summed E-state index contributed by atoms with van der Waals surface area (Å²) in [4.78, 5) is 23.9. The number of anilines is 2. The minimum absolute atomic E-state index is 0.111. The second kappa shape index (κ2) is 9.08. The monoisotopic (exact) mass is 389 g/mol. The molecule has 0 aliphatic rings. The molecule has 5 nitrogen and oxygen atoms in total. The normalized spacial score (nSPS) is 10.1. The van der Waals surface area contributed by atoms with Crippen LogP contribution in [0.3, 0.4) is 0 Å². The van der Waals surface area contributed by atoms with Crippen molar-refractivity contribution in [3.8, 4) is 0 Å². The first kappa shape index (κ1) is 18.0. The van der Waals surface area contributed by atoms with Crippen LogP contribution in [0.2, 0.25) is 0 Å². The Morgan fingerprint density at radius 2 is 1.79 bits per heavy atom. The van der Waals surface area contributed by atoms with E-state index in [2.05, 4.69) is 31.9 Å². The van der Waals surface area contributed by atoms with Crippen molar-refractivity contribution >= 4 is 39.1 Å². The van der Waals surface area contributed by atoms with Gasteiger partial charge in [0.25, 0.3) is 5.91 Å². The molecule has 3 N–H and O–H groups in total. The maximum atomic E-state index is 12.0. The molecule has 0 saturated heterocycles. The van der Waals surface area contributed by atoms with Crippen LogP contribution in [0.15, 0.2) is 53.0 Å². The van der Waals surface area contributed by atoms with E-state index in [0.717, 1.165) is 22.3 Å². The Morgan fingerprint density at radius 3 is 2.50 bits per heavy atom. The number of hydrogen-bond donors (Lipinski definition) is 3. The SMILES string of the molecule is CCCNC(=O)c1cccc(NCC(=O)Nc2ccc(Br)cc2)c1. The van der Waals surface area contributed by atoms with Crippen molar-refractivity contribution < 1.29 is 9.59 Å². The molecule has 0 heterocycles. The lowest BCUT2D eigenvalue weighted by molar-refractivity contribution is -0.114. The second-order valence-electron chi connectivity index (χ2n) is 5.25. The van der Waals surface area contributed by atoms with Crippen molar-refractivity contribution in [2.24, 2.45) is 0 Å². The van der Waals surface area contributed by atoms with E-state index in [1.807, 2.05) is 37.3 Å². The van der Waals surface area contributed by atoms with Gasteiger partial charge in [0.2, 0.25) is 5.91 Å². The number of halogens is 1. The van der Waals surface area contributed by atoms with Gasteiger partial charge in [0, 0.05) is 28.0 Å². The van der Waals surface area contributed by atoms with Gasteiger partial charge in [-0.25, -0.2) is 0 Å². The summed E-state index contributed by atoms with van der Waals surface area (Å²) in [6, 6.07) is 14.5. The van der Waals surface area contributed by atoms with Crippen LogP contribution in [0.4, 0.5) is 11.4 Å². The Morgan fingerprint density at radius 1 is 1.04 bits per heavy atom.